The van der Waals surface area contributed by atoms with E-state index in [0.29, 0.717) is 18.2 Å². The van der Waals surface area contributed by atoms with E-state index in [4.69, 9.17) is 4.74 Å². The van der Waals surface area contributed by atoms with Crippen molar-refractivity contribution in [3.8, 4) is 0 Å². The molecule has 1 fully saturated rings. The smallest absolute Gasteiger partial charge is 0.0695 e. The molecule has 14 heavy (non-hydrogen) atoms. The molecule has 0 amide bonds. The third-order valence-electron chi connectivity index (χ3n) is 3.49. The highest BCUT2D eigenvalue weighted by Crippen LogP contribution is 2.15. The van der Waals surface area contributed by atoms with Crippen molar-refractivity contribution in [2.75, 3.05) is 27.2 Å². The Morgan fingerprint density at radius 3 is 2.71 bits per heavy atom. The number of hydrogen-bond acceptors (Lipinski definition) is 3. The fraction of sp³-hybridized carbons (Fsp3) is 1.00. The zero-order chi connectivity index (χ0) is 10.6. The molecule has 3 atom stereocenters. The van der Waals surface area contributed by atoms with Gasteiger partial charge in [0.05, 0.1) is 6.10 Å². The molecular formula is C11H24N2O. The quantitative estimate of drug-likeness (QED) is 0.735. The lowest BCUT2D eigenvalue weighted by Gasteiger charge is -2.38. The Hall–Kier alpha value is -0.120. The van der Waals surface area contributed by atoms with Gasteiger partial charge in [0.2, 0.25) is 0 Å². The van der Waals surface area contributed by atoms with Crippen LogP contribution in [0.5, 0.6) is 0 Å². The first kappa shape index (κ1) is 12.0. The molecule has 1 aliphatic heterocycles. The van der Waals surface area contributed by atoms with Gasteiger partial charge < -0.3 is 10.1 Å². The molecule has 1 heterocycles. The average molecular weight is 200 g/mol. The number of piperidine rings is 1. The van der Waals surface area contributed by atoms with Gasteiger partial charge in [-0.2, -0.15) is 0 Å². The second-order valence-corrected chi connectivity index (χ2v) is 4.30. The number of nitrogens with zero attached hydrogens (tertiary/aromatic N) is 1. The van der Waals surface area contributed by atoms with Crippen LogP contribution < -0.4 is 5.32 Å². The monoisotopic (exact) mass is 200 g/mol. The van der Waals surface area contributed by atoms with E-state index in [9.17, 15) is 0 Å². The summed E-state index contributed by atoms with van der Waals surface area (Å²) in [6.45, 7) is 6.78. The number of nitrogens with one attached hydrogen (secondary N) is 1. The number of rotatable bonds is 4. The van der Waals surface area contributed by atoms with Crippen molar-refractivity contribution in [1.29, 1.82) is 0 Å². The highest BCUT2D eigenvalue weighted by atomic mass is 16.5. The summed E-state index contributed by atoms with van der Waals surface area (Å²) in [5.74, 6) is 0. The lowest BCUT2D eigenvalue weighted by molar-refractivity contribution is 0.0203. The van der Waals surface area contributed by atoms with Crippen molar-refractivity contribution in [1.82, 2.24) is 10.2 Å². The Kier molecular flexibility index (Phi) is 4.85. The van der Waals surface area contributed by atoms with Crippen molar-refractivity contribution in [3.63, 3.8) is 0 Å². The van der Waals surface area contributed by atoms with Crippen molar-refractivity contribution in [2.24, 2.45) is 0 Å². The van der Waals surface area contributed by atoms with E-state index in [1.165, 1.54) is 19.4 Å². The van der Waals surface area contributed by atoms with Crippen LogP contribution in [0.3, 0.4) is 0 Å². The van der Waals surface area contributed by atoms with Gasteiger partial charge in [0.25, 0.3) is 0 Å². The minimum atomic E-state index is 0.325. The first-order chi connectivity index (χ1) is 6.69. The molecule has 84 valence electrons. The minimum absolute atomic E-state index is 0.325. The first-order valence-corrected chi connectivity index (χ1v) is 5.63. The molecule has 3 nitrogen and oxygen atoms in total. The van der Waals surface area contributed by atoms with Crippen LogP contribution in [0.2, 0.25) is 0 Å². The summed E-state index contributed by atoms with van der Waals surface area (Å²) in [6.07, 6.45) is 2.93. The highest BCUT2D eigenvalue weighted by Gasteiger charge is 2.25. The summed E-state index contributed by atoms with van der Waals surface area (Å²) in [5, 5.41) is 3.36. The molecule has 3 heteroatoms. The van der Waals surface area contributed by atoms with Crippen LogP contribution in [0.25, 0.3) is 0 Å². The molecule has 0 aromatic heterocycles. The fourth-order valence-electron chi connectivity index (χ4n) is 2.11. The van der Waals surface area contributed by atoms with Crippen molar-refractivity contribution >= 4 is 0 Å². The molecule has 0 saturated carbocycles. The third kappa shape index (κ3) is 2.94. The molecule has 0 bridgehead atoms. The SMILES string of the molecule is CNC1CCCN(C(C)C(C)OC)C1. The predicted octanol–water partition coefficient (Wildman–Crippen LogP) is 1.09. The van der Waals surface area contributed by atoms with Gasteiger partial charge in [-0.15, -0.1) is 0 Å². The molecule has 0 aliphatic carbocycles. The van der Waals surface area contributed by atoms with Crippen LogP contribution in [0.1, 0.15) is 26.7 Å². The predicted molar refractivity (Wildman–Crippen MR) is 59.6 cm³/mol. The van der Waals surface area contributed by atoms with E-state index in [1.807, 2.05) is 0 Å². The van der Waals surface area contributed by atoms with Crippen LogP contribution in [0.15, 0.2) is 0 Å². The lowest BCUT2D eigenvalue weighted by Crippen LogP contribution is -2.51. The summed E-state index contributed by atoms with van der Waals surface area (Å²) in [5.41, 5.74) is 0. The standard InChI is InChI=1S/C11H24N2O/c1-9(10(2)14-4)13-7-5-6-11(8-13)12-3/h9-12H,5-8H2,1-4H3. The summed E-state index contributed by atoms with van der Waals surface area (Å²) in [7, 11) is 3.85. The largest absolute Gasteiger partial charge is 0.380 e. The van der Waals surface area contributed by atoms with Crippen molar-refractivity contribution in [3.05, 3.63) is 0 Å². The van der Waals surface area contributed by atoms with E-state index in [1.54, 1.807) is 7.11 Å². The summed E-state index contributed by atoms with van der Waals surface area (Å²) < 4.78 is 5.37. The molecular weight excluding hydrogens is 176 g/mol. The number of likely N-dealkylation sites (N-methyl/N-ethyl adjacent to an activating group) is 1. The normalized spacial score (nSPS) is 28.7. The van der Waals surface area contributed by atoms with E-state index in [2.05, 4.69) is 31.1 Å². The second-order valence-electron chi connectivity index (χ2n) is 4.30. The van der Waals surface area contributed by atoms with Gasteiger partial charge >= 0.3 is 0 Å². The van der Waals surface area contributed by atoms with Gasteiger partial charge in [-0.1, -0.05) is 0 Å². The van der Waals surface area contributed by atoms with E-state index in [-0.39, 0.29) is 0 Å². The summed E-state index contributed by atoms with van der Waals surface area (Å²) in [6, 6.07) is 1.19. The Balaban J connectivity index is 2.42. The first-order valence-electron chi connectivity index (χ1n) is 5.63. The van der Waals surface area contributed by atoms with Crippen molar-refractivity contribution < 1.29 is 4.74 Å². The summed E-state index contributed by atoms with van der Waals surface area (Å²) in [4.78, 5) is 2.53. The van der Waals surface area contributed by atoms with E-state index < -0.39 is 0 Å². The zero-order valence-electron chi connectivity index (χ0n) is 9.92. The zero-order valence-corrected chi connectivity index (χ0v) is 9.92. The molecule has 0 radical (unpaired) electrons. The molecule has 0 aromatic carbocycles. The van der Waals surface area contributed by atoms with Gasteiger partial charge in [-0.3, -0.25) is 4.90 Å². The summed E-state index contributed by atoms with van der Waals surface area (Å²) >= 11 is 0. The van der Waals surface area contributed by atoms with Crippen LogP contribution in [-0.4, -0.2) is 50.3 Å². The van der Waals surface area contributed by atoms with Gasteiger partial charge in [0, 0.05) is 25.7 Å². The third-order valence-corrected chi connectivity index (χ3v) is 3.49. The Labute approximate surface area is 87.8 Å². The number of hydrogen-bond donors (Lipinski definition) is 1. The highest BCUT2D eigenvalue weighted by molar-refractivity contribution is 4.82. The van der Waals surface area contributed by atoms with Crippen LogP contribution in [0.4, 0.5) is 0 Å². The van der Waals surface area contributed by atoms with Crippen LogP contribution >= 0.6 is 0 Å². The second kappa shape index (κ2) is 5.69. The van der Waals surface area contributed by atoms with Gasteiger partial charge in [0.15, 0.2) is 0 Å². The van der Waals surface area contributed by atoms with Crippen molar-refractivity contribution in [2.45, 2.75) is 44.9 Å². The topological polar surface area (TPSA) is 24.5 Å². The maximum absolute atomic E-state index is 5.37. The molecule has 1 N–H and O–H groups in total. The maximum atomic E-state index is 5.37. The Morgan fingerprint density at radius 1 is 1.43 bits per heavy atom. The number of ether oxygens (including phenoxy) is 1. The van der Waals surface area contributed by atoms with E-state index >= 15 is 0 Å². The maximum Gasteiger partial charge on any atom is 0.0695 e. The molecule has 1 saturated heterocycles. The average Bonchev–Trinajstić information content (AvgIpc) is 2.27. The molecule has 3 unspecified atom stereocenters. The molecule has 0 spiro atoms. The number of likely N-dealkylation sites (tertiary alicyclic amines) is 1. The number of methoxy groups -OCH3 is 1. The molecule has 1 rings (SSSR count). The minimum Gasteiger partial charge on any atom is -0.380 e. The van der Waals surface area contributed by atoms with Crippen LogP contribution in [-0.2, 0) is 4.74 Å². The van der Waals surface area contributed by atoms with Gasteiger partial charge in [-0.05, 0) is 40.3 Å². The Bertz CT molecular complexity index is 161. The van der Waals surface area contributed by atoms with Gasteiger partial charge in [0.1, 0.15) is 0 Å². The fourth-order valence-corrected chi connectivity index (χ4v) is 2.11. The Morgan fingerprint density at radius 2 is 2.14 bits per heavy atom. The van der Waals surface area contributed by atoms with Gasteiger partial charge in [-0.25, -0.2) is 0 Å². The van der Waals surface area contributed by atoms with Crippen LogP contribution in [0, 0.1) is 0 Å². The van der Waals surface area contributed by atoms with E-state index in [0.717, 1.165) is 6.54 Å². The molecule has 1 aliphatic rings. The lowest BCUT2D eigenvalue weighted by atomic mass is 10.0. The molecule has 0 aromatic rings.